The Morgan fingerprint density at radius 1 is 1.23 bits per heavy atom. The smallest absolute Gasteiger partial charge is 0.243 e. The lowest BCUT2D eigenvalue weighted by Gasteiger charge is -2.41. The quantitative estimate of drug-likeness (QED) is 0.639. The van der Waals surface area contributed by atoms with Crippen molar-refractivity contribution in [2.24, 2.45) is 11.8 Å². The van der Waals surface area contributed by atoms with Crippen molar-refractivity contribution in [3.05, 3.63) is 0 Å². The van der Waals surface area contributed by atoms with Crippen LogP contribution in [0.15, 0.2) is 0 Å². The molecule has 1 unspecified atom stereocenters. The van der Waals surface area contributed by atoms with Gasteiger partial charge in [-0.05, 0) is 64.5 Å². The fourth-order valence-electron chi connectivity index (χ4n) is 5.45. The molecule has 4 rings (SSSR count). The van der Waals surface area contributed by atoms with E-state index in [1.54, 1.807) is 4.90 Å². The second kappa shape index (κ2) is 8.54. The predicted molar refractivity (Wildman–Crippen MR) is 110 cm³/mol. The Morgan fingerprint density at radius 2 is 2.03 bits per heavy atom. The molecular weight excluding hydrogens is 382 g/mol. The molecule has 8 nitrogen and oxygen atoms in total. The molecule has 30 heavy (non-hydrogen) atoms. The summed E-state index contributed by atoms with van der Waals surface area (Å²) in [7, 11) is 2.02. The first-order valence-electron chi connectivity index (χ1n) is 11.4. The third-order valence-corrected chi connectivity index (χ3v) is 7.58. The summed E-state index contributed by atoms with van der Waals surface area (Å²) >= 11 is 0. The van der Waals surface area contributed by atoms with Crippen molar-refractivity contribution in [2.75, 3.05) is 26.7 Å². The minimum absolute atomic E-state index is 0.0453. The molecule has 1 aliphatic carbocycles. The monoisotopic (exact) mass is 415 g/mol. The topological polar surface area (TPSA) is 106 Å². The number of likely N-dealkylation sites (tertiary alicyclic amines) is 2. The lowest BCUT2D eigenvalue weighted by molar-refractivity contribution is -0.145. The average Bonchev–Trinajstić information content (AvgIpc) is 3.39. The summed E-state index contributed by atoms with van der Waals surface area (Å²) in [5.74, 6) is 0.0423. The van der Waals surface area contributed by atoms with E-state index < -0.39 is 17.6 Å². The molecule has 0 aromatic heterocycles. The van der Waals surface area contributed by atoms with Crippen LogP contribution in [0.5, 0.6) is 0 Å². The molecule has 3 aliphatic heterocycles. The summed E-state index contributed by atoms with van der Waals surface area (Å²) in [4.78, 5) is 42.6. The van der Waals surface area contributed by atoms with Crippen molar-refractivity contribution < 1.29 is 14.4 Å². The molecule has 1 spiro atoms. The van der Waals surface area contributed by atoms with Crippen LogP contribution >= 0.6 is 0 Å². The van der Waals surface area contributed by atoms with Crippen LogP contribution in [0.4, 0.5) is 0 Å². The molecule has 4 atom stereocenters. The number of hydrogen-bond acceptors (Lipinski definition) is 5. The van der Waals surface area contributed by atoms with Gasteiger partial charge in [0.25, 0.3) is 0 Å². The van der Waals surface area contributed by atoms with Gasteiger partial charge in [0.1, 0.15) is 17.6 Å². The molecule has 4 aliphatic rings. The maximum Gasteiger partial charge on any atom is 0.243 e. The first-order valence-corrected chi connectivity index (χ1v) is 11.4. The van der Waals surface area contributed by atoms with Crippen molar-refractivity contribution in [3.63, 3.8) is 0 Å². The standard InChI is InChI=1S/C22H33N5O3/c1-26-10-3-2-7-22(26)8-11-27(21(22)30)18(12-15-4-5-15)20(29)25-17(14-23)13-16-6-9-24-19(16)28/h15-18H,2-13H2,1H3,(H,24,28)(H,25,29)/t16-,17-,18?,22+/m0/s1. The van der Waals surface area contributed by atoms with Gasteiger partial charge in [-0.1, -0.05) is 12.8 Å². The fourth-order valence-corrected chi connectivity index (χ4v) is 5.45. The number of likely N-dealkylation sites (N-methyl/N-ethyl adjacent to an activating group) is 1. The molecule has 0 aromatic carbocycles. The number of rotatable bonds is 7. The zero-order chi connectivity index (χ0) is 21.3. The molecule has 0 aromatic rings. The predicted octanol–water partition coefficient (Wildman–Crippen LogP) is 0.776. The zero-order valence-corrected chi connectivity index (χ0v) is 17.9. The van der Waals surface area contributed by atoms with Crippen molar-refractivity contribution in [1.82, 2.24) is 20.4 Å². The van der Waals surface area contributed by atoms with Crippen LogP contribution in [0.3, 0.4) is 0 Å². The Kier molecular flexibility index (Phi) is 6.01. The summed E-state index contributed by atoms with van der Waals surface area (Å²) in [6.45, 7) is 2.13. The van der Waals surface area contributed by atoms with Gasteiger partial charge in [0.15, 0.2) is 0 Å². The number of nitriles is 1. The highest BCUT2D eigenvalue weighted by molar-refractivity contribution is 5.94. The number of nitrogens with one attached hydrogen (secondary N) is 2. The van der Waals surface area contributed by atoms with Crippen molar-refractivity contribution in [3.8, 4) is 6.07 Å². The number of piperidine rings is 1. The van der Waals surface area contributed by atoms with Gasteiger partial charge in [-0.3, -0.25) is 19.3 Å². The summed E-state index contributed by atoms with van der Waals surface area (Å²) in [5, 5.41) is 15.2. The molecule has 1 saturated carbocycles. The summed E-state index contributed by atoms with van der Waals surface area (Å²) in [5.41, 5.74) is -0.461. The van der Waals surface area contributed by atoms with Crippen molar-refractivity contribution in [2.45, 2.75) is 75.4 Å². The molecule has 3 heterocycles. The molecule has 164 valence electrons. The normalized spacial score (nSPS) is 31.5. The zero-order valence-electron chi connectivity index (χ0n) is 17.9. The fraction of sp³-hybridized carbons (Fsp3) is 0.818. The molecule has 0 radical (unpaired) electrons. The van der Waals surface area contributed by atoms with Gasteiger partial charge in [-0.25, -0.2) is 0 Å². The average molecular weight is 416 g/mol. The SMILES string of the molecule is CN1CCCC[C@]12CCN(C(CC1CC1)C(=O)N[C@H](C#N)C[C@@H]1CCNC1=O)C2=O. The minimum atomic E-state index is -0.711. The first kappa shape index (κ1) is 21.1. The Hall–Kier alpha value is -2.14. The lowest BCUT2D eigenvalue weighted by atomic mass is 9.85. The maximum absolute atomic E-state index is 13.5. The highest BCUT2D eigenvalue weighted by Crippen LogP contribution is 2.40. The molecule has 4 fully saturated rings. The number of hydrogen-bond donors (Lipinski definition) is 2. The van der Waals surface area contributed by atoms with Gasteiger partial charge in [-0.15, -0.1) is 0 Å². The molecule has 0 bridgehead atoms. The largest absolute Gasteiger partial charge is 0.356 e. The van der Waals surface area contributed by atoms with Gasteiger partial charge in [0.05, 0.1) is 6.07 Å². The Balaban J connectivity index is 1.45. The highest BCUT2D eigenvalue weighted by atomic mass is 16.2. The van der Waals surface area contributed by atoms with E-state index in [4.69, 9.17) is 0 Å². The number of nitrogens with zero attached hydrogens (tertiary/aromatic N) is 3. The van der Waals surface area contributed by atoms with E-state index >= 15 is 0 Å². The van der Waals surface area contributed by atoms with Crippen molar-refractivity contribution >= 4 is 17.7 Å². The number of carbonyl (C=O) groups is 3. The van der Waals surface area contributed by atoms with E-state index in [0.717, 1.165) is 45.1 Å². The Labute approximate surface area is 178 Å². The molecule has 3 amide bonds. The van der Waals surface area contributed by atoms with Gasteiger partial charge >= 0.3 is 0 Å². The summed E-state index contributed by atoms with van der Waals surface area (Å²) < 4.78 is 0. The van der Waals surface area contributed by atoms with Crippen molar-refractivity contribution in [1.29, 1.82) is 5.26 Å². The van der Waals surface area contributed by atoms with E-state index in [0.29, 0.717) is 38.3 Å². The second-order valence-electron chi connectivity index (χ2n) is 9.56. The maximum atomic E-state index is 13.5. The highest BCUT2D eigenvalue weighted by Gasteiger charge is 2.53. The number of amides is 3. The summed E-state index contributed by atoms with van der Waals surface area (Å²) in [6.07, 6.45) is 7.65. The molecule has 2 N–H and O–H groups in total. The molecular formula is C22H33N5O3. The van der Waals surface area contributed by atoms with Crippen LogP contribution in [0, 0.1) is 23.2 Å². The van der Waals surface area contributed by atoms with E-state index in [1.807, 2.05) is 7.05 Å². The second-order valence-corrected chi connectivity index (χ2v) is 9.56. The van der Waals surface area contributed by atoms with Gasteiger partial charge < -0.3 is 15.5 Å². The van der Waals surface area contributed by atoms with Crippen LogP contribution < -0.4 is 10.6 Å². The Morgan fingerprint density at radius 3 is 2.67 bits per heavy atom. The van der Waals surface area contributed by atoms with Crippen LogP contribution in [0.25, 0.3) is 0 Å². The third kappa shape index (κ3) is 4.04. The van der Waals surface area contributed by atoms with Gasteiger partial charge in [-0.2, -0.15) is 5.26 Å². The van der Waals surface area contributed by atoms with Crippen LogP contribution in [-0.4, -0.2) is 71.8 Å². The van der Waals surface area contributed by atoms with Crippen LogP contribution in [-0.2, 0) is 14.4 Å². The third-order valence-electron chi connectivity index (χ3n) is 7.58. The Bertz CT molecular complexity index is 746. The van der Waals surface area contributed by atoms with E-state index in [-0.39, 0.29) is 23.6 Å². The number of carbonyl (C=O) groups excluding carboxylic acids is 3. The van der Waals surface area contributed by atoms with Gasteiger partial charge in [0, 0.05) is 19.0 Å². The minimum Gasteiger partial charge on any atom is -0.356 e. The van der Waals surface area contributed by atoms with Gasteiger partial charge in [0.2, 0.25) is 17.7 Å². The first-order chi connectivity index (χ1) is 14.4. The lowest BCUT2D eigenvalue weighted by Crippen LogP contribution is -2.58. The van der Waals surface area contributed by atoms with E-state index in [2.05, 4.69) is 21.6 Å². The van der Waals surface area contributed by atoms with E-state index in [1.165, 1.54) is 0 Å². The van der Waals surface area contributed by atoms with E-state index in [9.17, 15) is 19.6 Å². The van der Waals surface area contributed by atoms with Crippen LogP contribution in [0.2, 0.25) is 0 Å². The summed E-state index contributed by atoms with van der Waals surface area (Å²) in [6, 6.07) is 0.915. The molecule has 8 heteroatoms. The van der Waals surface area contributed by atoms with Crippen LogP contribution in [0.1, 0.15) is 57.8 Å². The molecule has 3 saturated heterocycles.